The first kappa shape index (κ1) is 14.8. The Morgan fingerprint density at radius 3 is 2.79 bits per heavy atom. The smallest absolute Gasteiger partial charge is 0.0622 e. The summed E-state index contributed by atoms with van der Waals surface area (Å²) in [6.07, 6.45) is 4.16. The van der Waals surface area contributed by atoms with Gasteiger partial charge in [0, 0.05) is 22.9 Å². The number of nitrogens with zero attached hydrogens (tertiary/aromatic N) is 1. The summed E-state index contributed by atoms with van der Waals surface area (Å²) in [5.74, 6) is 0. The molecule has 2 nitrogen and oxygen atoms in total. The molecule has 0 saturated carbocycles. The topological polar surface area (TPSA) is 24.9 Å². The summed E-state index contributed by atoms with van der Waals surface area (Å²) in [4.78, 5) is 4.00. The molecule has 0 amide bonds. The van der Waals surface area contributed by atoms with E-state index in [1.165, 1.54) is 0 Å². The zero-order valence-corrected chi connectivity index (χ0v) is 13.4. The van der Waals surface area contributed by atoms with E-state index in [9.17, 15) is 0 Å². The highest BCUT2D eigenvalue weighted by Crippen LogP contribution is 2.32. The van der Waals surface area contributed by atoms with Crippen molar-refractivity contribution < 1.29 is 0 Å². The average molecular weight is 360 g/mol. The normalized spacial score (nSPS) is 12.4. The maximum absolute atomic E-state index is 6.34. The first-order chi connectivity index (χ1) is 9.13. The van der Waals surface area contributed by atoms with Gasteiger partial charge in [-0.25, -0.2) is 0 Å². The zero-order valence-electron chi connectivity index (χ0n) is 10.3. The third-order valence-corrected chi connectivity index (χ3v) is 4.64. The molecule has 0 aliphatic carbocycles. The van der Waals surface area contributed by atoms with E-state index in [0.717, 1.165) is 27.0 Å². The second-order valence-corrected chi connectivity index (χ2v) is 5.80. The van der Waals surface area contributed by atoms with Crippen LogP contribution in [0, 0.1) is 0 Å². The number of likely N-dealkylation sites (N-methyl/N-ethyl adjacent to an activating group) is 1. The predicted molar refractivity (Wildman–Crippen MR) is 83.9 cm³/mol. The van der Waals surface area contributed by atoms with Gasteiger partial charge in [0.25, 0.3) is 0 Å². The highest BCUT2D eigenvalue weighted by Gasteiger charge is 2.16. The SMILES string of the molecule is CNC(Cc1ccncc1Cl)c1cccc(Br)c1Cl. The summed E-state index contributed by atoms with van der Waals surface area (Å²) in [6.45, 7) is 0. The molecule has 1 atom stereocenters. The van der Waals surface area contributed by atoms with Crippen LogP contribution in [-0.4, -0.2) is 12.0 Å². The van der Waals surface area contributed by atoms with Crippen LogP contribution in [0.1, 0.15) is 17.2 Å². The lowest BCUT2D eigenvalue weighted by Gasteiger charge is -2.19. The minimum absolute atomic E-state index is 0.102. The molecule has 0 fully saturated rings. The number of aromatic nitrogens is 1. The first-order valence-corrected chi connectivity index (χ1v) is 7.38. The van der Waals surface area contributed by atoms with Crippen LogP contribution in [-0.2, 0) is 6.42 Å². The maximum atomic E-state index is 6.34. The van der Waals surface area contributed by atoms with Gasteiger partial charge in [0.2, 0.25) is 0 Å². The molecule has 1 aromatic carbocycles. The molecule has 2 rings (SSSR count). The zero-order chi connectivity index (χ0) is 13.8. The van der Waals surface area contributed by atoms with E-state index in [2.05, 4.69) is 26.2 Å². The van der Waals surface area contributed by atoms with Crippen molar-refractivity contribution in [1.29, 1.82) is 0 Å². The summed E-state index contributed by atoms with van der Waals surface area (Å²) in [5.41, 5.74) is 2.10. The summed E-state index contributed by atoms with van der Waals surface area (Å²) in [7, 11) is 1.91. The Balaban J connectivity index is 2.31. The fourth-order valence-electron chi connectivity index (χ4n) is 1.95. The number of rotatable bonds is 4. The average Bonchev–Trinajstić information content (AvgIpc) is 2.41. The van der Waals surface area contributed by atoms with Crippen LogP contribution >= 0.6 is 39.1 Å². The Hall–Kier alpha value is -0.610. The van der Waals surface area contributed by atoms with Crippen molar-refractivity contribution in [3.8, 4) is 0 Å². The van der Waals surface area contributed by atoms with E-state index in [4.69, 9.17) is 23.2 Å². The summed E-state index contributed by atoms with van der Waals surface area (Å²) in [5, 5.41) is 4.68. The molecule has 0 saturated heterocycles. The monoisotopic (exact) mass is 358 g/mol. The molecule has 1 unspecified atom stereocenters. The minimum atomic E-state index is 0.102. The van der Waals surface area contributed by atoms with Gasteiger partial charge < -0.3 is 5.32 Å². The van der Waals surface area contributed by atoms with Crippen LogP contribution in [0.3, 0.4) is 0 Å². The third-order valence-electron chi connectivity index (χ3n) is 2.99. The Kier molecular flexibility index (Phi) is 5.22. The van der Waals surface area contributed by atoms with Gasteiger partial charge in [0.1, 0.15) is 0 Å². The molecule has 1 N–H and O–H groups in total. The predicted octanol–water partition coefficient (Wildman–Crippen LogP) is 4.65. The quantitative estimate of drug-likeness (QED) is 0.859. The van der Waals surface area contributed by atoms with Crippen LogP contribution in [0.25, 0.3) is 0 Å². The second-order valence-electron chi connectivity index (χ2n) is 4.16. The van der Waals surface area contributed by atoms with Gasteiger partial charge in [-0.1, -0.05) is 35.3 Å². The van der Waals surface area contributed by atoms with Gasteiger partial charge in [-0.05, 0) is 52.7 Å². The van der Waals surface area contributed by atoms with Crippen molar-refractivity contribution in [3.63, 3.8) is 0 Å². The summed E-state index contributed by atoms with van der Waals surface area (Å²) < 4.78 is 0.896. The lowest BCUT2D eigenvalue weighted by Crippen LogP contribution is -2.19. The number of hydrogen-bond donors (Lipinski definition) is 1. The molecule has 0 spiro atoms. The molecular formula is C14H13BrCl2N2. The van der Waals surface area contributed by atoms with Crippen molar-refractivity contribution in [2.45, 2.75) is 12.5 Å². The van der Waals surface area contributed by atoms with E-state index in [1.807, 2.05) is 31.3 Å². The Labute approximate surface area is 131 Å². The molecule has 19 heavy (non-hydrogen) atoms. The summed E-state index contributed by atoms with van der Waals surface area (Å²) in [6, 6.07) is 7.95. The Bertz CT molecular complexity index is 575. The van der Waals surface area contributed by atoms with E-state index in [1.54, 1.807) is 12.4 Å². The molecular weight excluding hydrogens is 347 g/mol. The molecule has 2 aromatic rings. The van der Waals surface area contributed by atoms with Gasteiger partial charge in [0.05, 0.1) is 10.0 Å². The van der Waals surface area contributed by atoms with E-state index < -0.39 is 0 Å². The second kappa shape index (κ2) is 6.71. The number of halogens is 3. The molecule has 0 bridgehead atoms. The van der Waals surface area contributed by atoms with Gasteiger partial charge >= 0.3 is 0 Å². The number of hydrogen-bond acceptors (Lipinski definition) is 2. The maximum Gasteiger partial charge on any atom is 0.0622 e. The van der Waals surface area contributed by atoms with Gasteiger partial charge in [-0.15, -0.1) is 0 Å². The van der Waals surface area contributed by atoms with Crippen molar-refractivity contribution >= 4 is 39.1 Å². The van der Waals surface area contributed by atoms with Gasteiger partial charge in [-0.2, -0.15) is 0 Å². The Morgan fingerprint density at radius 1 is 1.32 bits per heavy atom. The fraction of sp³-hybridized carbons (Fsp3) is 0.214. The van der Waals surface area contributed by atoms with Crippen molar-refractivity contribution in [1.82, 2.24) is 10.3 Å². The van der Waals surface area contributed by atoms with Crippen LogP contribution < -0.4 is 5.32 Å². The van der Waals surface area contributed by atoms with Crippen LogP contribution in [0.5, 0.6) is 0 Å². The highest BCUT2D eigenvalue weighted by atomic mass is 79.9. The Morgan fingerprint density at radius 2 is 2.11 bits per heavy atom. The van der Waals surface area contributed by atoms with Crippen LogP contribution in [0.15, 0.2) is 41.1 Å². The van der Waals surface area contributed by atoms with Gasteiger partial charge in [0.15, 0.2) is 0 Å². The van der Waals surface area contributed by atoms with Crippen molar-refractivity contribution in [2.75, 3.05) is 7.05 Å². The van der Waals surface area contributed by atoms with Crippen molar-refractivity contribution in [3.05, 3.63) is 62.3 Å². The third kappa shape index (κ3) is 3.48. The molecule has 100 valence electrons. The molecule has 0 aliphatic heterocycles. The first-order valence-electron chi connectivity index (χ1n) is 5.83. The molecule has 1 heterocycles. The molecule has 5 heteroatoms. The molecule has 0 radical (unpaired) electrons. The van der Waals surface area contributed by atoms with E-state index in [0.29, 0.717) is 5.02 Å². The van der Waals surface area contributed by atoms with Crippen molar-refractivity contribution in [2.24, 2.45) is 0 Å². The number of nitrogens with one attached hydrogen (secondary N) is 1. The lowest BCUT2D eigenvalue weighted by atomic mass is 9.99. The standard InChI is InChI=1S/C14H13BrCl2N2/c1-18-13(7-9-5-6-19-8-12(9)16)10-3-2-4-11(15)14(10)17/h2-6,8,13,18H,7H2,1H3. The number of pyridine rings is 1. The van der Waals surface area contributed by atoms with E-state index >= 15 is 0 Å². The largest absolute Gasteiger partial charge is 0.313 e. The van der Waals surface area contributed by atoms with Crippen LogP contribution in [0.4, 0.5) is 0 Å². The molecule has 0 aliphatic rings. The minimum Gasteiger partial charge on any atom is -0.313 e. The fourth-order valence-corrected chi connectivity index (χ4v) is 2.78. The number of benzene rings is 1. The highest BCUT2D eigenvalue weighted by molar-refractivity contribution is 9.10. The summed E-state index contributed by atoms with van der Waals surface area (Å²) >= 11 is 15.9. The van der Waals surface area contributed by atoms with Gasteiger partial charge in [-0.3, -0.25) is 4.98 Å². The van der Waals surface area contributed by atoms with E-state index in [-0.39, 0.29) is 6.04 Å². The molecule has 1 aromatic heterocycles. The lowest BCUT2D eigenvalue weighted by molar-refractivity contribution is 0.592. The van der Waals surface area contributed by atoms with Crippen LogP contribution in [0.2, 0.25) is 10.0 Å².